The quantitative estimate of drug-likeness (QED) is 0.0746. The Balaban J connectivity index is 0.646. The largest absolute Gasteiger partial charge is 0.309 e. The Bertz CT molecular complexity index is 9420. The molecule has 0 fully saturated rings. The fraction of sp³-hybridized carbons (Fsp3) is 0. The maximum Gasteiger partial charge on any atom is 0.238 e. The van der Waals surface area contributed by atoms with Crippen LogP contribution in [0.4, 0.5) is 0 Å². The molecule has 28 rings (SSSR count). The zero-order chi connectivity index (χ0) is 87.9. The summed E-state index contributed by atoms with van der Waals surface area (Å²) < 4.78 is 18.5. The number of hydrogen-bond acceptors (Lipinski definition) is 6. The first kappa shape index (κ1) is 75.3. The Hall–Kier alpha value is -17.7. The van der Waals surface area contributed by atoms with Crippen LogP contribution >= 0.6 is 0 Å². The first-order chi connectivity index (χ1) is 66.5. The summed E-state index contributed by atoms with van der Waals surface area (Å²) in [7, 11) is -7.10. The monoisotopic (exact) mass is 1740 g/mol. The van der Waals surface area contributed by atoms with E-state index in [-0.39, 0.29) is 0 Å². The van der Waals surface area contributed by atoms with Gasteiger partial charge in [-0.2, -0.15) is 9.97 Å². The highest BCUT2D eigenvalue weighted by molar-refractivity contribution is 7.20. The zero-order valence-electron chi connectivity index (χ0n) is 72.1. The van der Waals surface area contributed by atoms with Gasteiger partial charge >= 0.3 is 0 Å². The van der Waals surface area contributed by atoms with Crippen molar-refractivity contribution in [2.75, 3.05) is 0 Å². The van der Waals surface area contributed by atoms with Crippen LogP contribution < -0.4 is 41.8 Å². The van der Waals surface area contributed by atoms with Crippen molar-refractivity contribution in [3.8, 4) is 46.0 Å². The highest BCUT2D eigenvalue weighted by atomic mass is 28.3. The van der Waals surface area contributed by atoms with E-state index in [4.69, 9.17) is 29.9 Å². The van der Waals surface area contributed by atoms with Crippen LogP contribution in [0.15, 0.2) is 461 Å². The van der Waals surface area contributed by atoms with Crippen LogP contribution in [0, 0.1) is 0 Å². The minimum Gasteiger partial charge on any atom is -0.309 e. The number of nitrogens with zero attached hydrogens (tertiary/aromatic N) is 14. The van der Waals surface area contributed by atoms with Crippen LogP contribution in [0.3, 0.4) is 0 Å². The van der Waals surface area contributed by atoms with Crippen LogP contribution in [0.5, 0.6) is 0 Å². The van der Waals surface area contributed by atoms with Crippen molar-refractivity contribution in [1.82, 2.24) is 66.1 Å². The molecule has 0 bridgehead atoms. The fourth-order valence-corrected chi connectivity index (χ4v) is 31.4. The molecule has 14 nitrogen and oxygen atoms in total. The van der Waals surface area contributed by atoms with E-state index >= 15 is 0 Å². The molecule has 0 atom stereocenters. The topological polar surface area (TPSA) is 116 Å². The summed E-state index contributed by atoms with van der Waals surface area (Å²) in [6.07, 6.45) is 0. The van der Waals surface area contributed by atoms with Gasteiger partial charge in [-0.15, -0.1) is 0 Å². The normalized spacial score (nSPS) is 12.3. The third kappa shape index (κ3) is 10.9. The molecule has 0 aliphatic rings. The van der Waals surface area contributed by atoms with Gasteiger partial charge in [0.25, 0.3) is 0 Å². The predicted molar refractivity (Wildman–Crippen MR) is 554 cm³/mol. The SMILES string of the molecule is c1ccc([Si](c2ccccc2)(c2ccc(-n3c4ccccc4c4ccccc43)cc2)c2cc(-n3c4ccccc4c4cc(-c5ccc6nc7n(-c8nc(-n9c%10ccccc%10n%10c%11ccccc%11nc9%10)cc([Si](c9ccccc9)(c9ccccc9)c9ccc(-n%10c%11ccccc%11c%11ccccc%11%10)cc9)n8)c8ccccc8n7c6c5)ccc43)nc(-n3c4ccccc4c4ccccc43)n2)cc1. The molecular weight excluding hydrogens is 1670 g/mol. The Morgan fingerprint density at radius 1 is 0.164 bits per heavy atom. The molecule has 16 heteroatoms. The number of hydrogen-bond donors (Lipinski definition) is 0. The van der Waals surface area contributed by atoms with Crippen LogP contribution in [-0.4, -0.2) is 82.3 Å². The third-order valence-corrected chi connectivity index (χ3v) is 37.3. The number of benzene rings is 18. The van der Waals surface area contributed by atoms with E-state index in [9.17, 15) is 0 Å². The molecule has 0 aliphatic heterocycles. The summed E-state index contributed by atoms with van der Waals surface area (Å²) >= 11 is 0. The minimum absolute atomic E-state index is 0.468. The Morgan fingerprint density at radius 3 is 0.888 bits per heavy atom. The Kier molecular flexibility index (Phi) is 16.5. The summed E-state index contributed by atoms with van der Waals surface area (Å²) in [6.45, 7) is 0. The van der Waals surface area contributed by atoms with E-state index in [0.717, 1.165) is 170 Å². The van der Waals surface area contributed by atoms with Crippen molar-refractivity contribution >= 4 is 201 Å². The predicted octanol–water partition coefficient (Wildman–Crippen LogP) is 21.6. The van der Waals surface area contributed by atoms with E-state index in [2.05, 4.69) is 497 Å². The lowest BCUT2D eigenvalue weighted by Crippen LogP contribution is -2.75. The van der Waals surface area contributed by atoms with Crippen molar-refractivity contribution in [2.24, 2.45) is 0 Å². The van der Waals surface area contributed by atoms with Gasteiger partial charge in [0.05, 0.1) is 88.3 Å². The molecule has 626 valence electrons. The molecule has 18 aromatic carbocycles. The molecule has 0 unspecified atom stereocenters. The van der Waals surface area contributed by atoms with E-state index in [1.807, 2.05) is 0 Å². The first-order valence-corrected chi connectivity index (χ1v) is 49.5. The van der Waals surface area contributed by atoms with E-state index < -0.39 is 16.1 Å². The van der Waals surface area contributed by atoms with Crippen LogP contribution in [0.1, 0.15) is 0 Å². The number of imidazole rings is 4. The molecule has 0 saturated heterocycles. The summed E-state index contributed by atoms with van der Waals surface area (Å²) in [6, 6.07) is 168. The first-order valence-electron chi connectivity index (χ1n) is 45.5. The van der Waals surface area contributed by atoms with Gasteiger partial charge in [0.1, 0.15) is 11.6 Å². The molecular formula is C118H76N14Si2. The average Bonchev–Trinajstić information content (AvgIpc) is 1.48. The van der Waals surface area contributed by atoms with E-state index in [1.165, 1.54) is 37.1 Å². The smallest absolute Gasteiger partial charge is 0.238 e. The lowest BCUT2D eigenvalue weighted by atomic mass is 10.0. The van der Waals surface area contributed by atoms with Crippen LogP contribution in [-0.2, 0) is 0 Å². The molecule has 0 amide bonds. The zero-order valence-corrected chi connectivity index (χ0v) is 74.1. The van der Waals surface area contributed by atoms with Crippen molar-refractivity contribution in [3.05, 3.63) is 461 Å². The van der Waals surface area contributed by atoms with Crippen molar-refractivity contribution in [2.45, 2.75) is 0 Å². The van der Waals surface area contributed by atoms with Gasteiger partial charge in [-0.25, -0.2) is 24.5 Å². The van der Waals surface area contributed by atoms with Crippen molar-refractivity contribution in [3.63, 3.8) is 0 Å². The summed E-state index contributed by atoms with van der Waals surface area (Å²) in [5, 5.41) is 18.2. The summed E-state index contributed by atoms with van der Waals surface area (Å²) in [4.78, 5) is 35.5. The van der Waals surface area contributed by atoms with Crippen LogP contribution in [0.2, 0.25) is 0 Å². The highest BCUT2D eigenvalue weighted by Crippen LogP contribution is 2.41. The summed E-state index contributed by atoms with van der Waals surface area (Å²) in [5.74, 6) is 3.87. The lowest BCUT2D eigenvalue weighted by molar-refractivity contribution is 0.936. The number of fused-ring (bicyclic) bond motifs is 22. The average molecular weight is 1750 g/mol. The van der Waals surface area contributed by atoms with Gasteiger partial charge in [0, 0.05) is 71.2 Å². The standard InChI is InChI=1S/C118H76N14Si2/c1-5-33-81(34-6-1)133(82-35-7-2-8-36-82,85-67-63-79(64-68-85)125-97-49-21-13-41-87(97)88-42-14-22-50-98(88)125)113-75-111(121-115(123-113)128-102-54-26-17-45-91(102)92-46-18-27-55-103(92)128)127-101-53-25-19-47-93(101)94-73-77(62-72-104(94)127)78-61-71-96-110(74-78)130-107-58-30-32-60-109(107)132(118(130)120-96)116-122-112(131-108-59-31-29-57-106(108)129-105-56-28-20-48-95(105)119-117(129)131)76-114(124-116)134(83-37-9-3-10-38-83,84-39-11-4-12-40-84)86-69-65-80(66-70-86)126-99-51-23-15-43-89(99)90-44-16-24-52-100(90)126/h1-76H. The summed E-state index contributed by atoms with van der Waals surface area (Å²) in [5.41, 5.74) is 20.4. The van der Waals surface area contributed by atoms with Gasteiger partial charge < -0.3 is 9.13 Å². The second kappa shape index (κ2) is 29.4. The van der Waals surface area contributed by atoms with Gasteiger partial charge in [-0.05, 0) is 176 Å². The van der Waals surface area contributed by atoms with Crippen molar-refractivity contribution in [1.29, 1.82) is 0 Å². The Morgan fingerprint density at radius 2 is 0.455 bits per heavy atom. The number of para-hydroxylation sites is 13. The maximum absolute atomic E-state index is 6.19. The molecule has 10 aromatic heterocycles. The van der Waals surface area contributed by atoms with Crippen LogP contribution in [0.25, 0.3) is 189 Å². The van der Waals surface area contributed by atoms with Gasteiger partial charge in [0.2, 0.25) is 39.6 Å². The van der Waals surface area contributed by atoms with E-state index in [1.54, 1.807) is 0 Å². The third-order valence-electron chi connectivity index (χ3n) is 28.0. The van der Waals surface area contributed by atoms with Crippen molar-refractivity contribution < 1.29 is 0 Å². The second-order valence-electron chi connectivity index (χ2n) is 34.9. The Labute approximate surface area is 768 Å². The molecule has 0 saturated carbocycles. The minimum atomic E-state index is -3.59. The molecule has 0 radical (unpaired) electrons. The maximum atomic E-state index is 6.19. The molecule has 0 N–H and O–H groups in total. The fourth-order valence-electron chi connectivity index (χ4n) is 22.3. The molecule has 0 spiro atoms. The highest BCUT2D eigenvalue weighted by Gasteiger charge is 2.47. The lowest BCUT2D eigenvalue weighted by Gasteiger charge is -2.34. The molecule has 28 aromatic rings. The van der Waals surface area contributed by atoms with Gasteiger partial charge in [-0.3, -0.25) is 22.5 Å². The van der Waals surface area contributed by atoms with E-state index in [0.29, 0.717) is 23.5 Å². The number of aromatic nitrogens is 14. The number of rotatable bonds is 15. The molecule has 134 heavy (non-hydrogen) atoms. The van der Waals surface area contributed by atoms with Gasteiger partial charge in [-0.1, -0.05) is 322 Å². The second-order valence-corrected chi connectivity index (χ2v) is 42.4. The van der Waals surface area contributed by atoms with Gasteiger partial charge in [0.15, 0.2) is 0 Å². The molecule has 10 heterocycles. The molecule has 0 aliphatic carbocycles.